The maximum absolute atomic E-state index is 12.7. The number of amides is 1. The molecule has 0 aromatic heterocycles. The van der Waals surface area contributed by atoms with Gasteiger partial charge in [-0.1, -0.05) is 38.1 Å². The zero-order valence-electron chi connectivity index (χ0n) is 15.8. The molecule has 1 aromatic carbocycles. The van der Waals surface area contributed by atoms with E-state index < -0.39 is 23.8 Å². The molecule has 0 bridgehead atoms. The van der Waals surface area contributed by atoms with Gasteiger partial charge in [0.2, 0.25) is 0 Å². The SMILES string of the molecule is C/C=C/C[C@H](C)C[C@H](C)/C(O)=C1\C(=O)N[C@@H]([C@@H](O)c2ccc(O)cc2)C1=O. The van der Waals surface area contributed by atoms with Crippen molar-refractivity contribution in [1.82, 2.24) is 5.32 Å². The Morgan fingerprint density at radius 1 is 1.22 bits per heavy atom. The van der Waals surface area contributed by atoms with E-state index in [9.17, 15) is 24.9 Å². The first-order valence-corrected chi connectivity index (χ1v) is 9.12. The monoisotopic (exact) mass is 373 g/mol. The number of aromatic hydroxyl groups is 1. The Morgan fingerprint density at radius 2 is 1.85 bits per heavy atom. The van der Waals surface area contributed by atoms with E-state index in [1.807, 2.05) is 26.0 Å². The molecule has 4 N–H and O–H groups in total. The highest BCUT2D eigenvalue weighted by Crippen LogP contribution is 2.29. The smallest absolute Gasteiger partial charge is 0.259 e. The van der Waals surface area contributed by atoms with Gasteiger partial charge < -0.3 is 20.6 Å². The van der Waals surface area contributed by atoms with Crippen LogP contribution in [-0.2, 0) is 9.59 Å². The number of carbonyl (C=O) groups is 2. The molecular weight excluding hydrogens is 346 g/mol. The number of aliphatic hydroxyl groups excluding tert-OH is 2. The summed E-state index contributed by atoms with van der Waals surface area (Å²) in [4.78, 5) is 25.0. The highest BCUT2D eigenvalue weighted by atomic mass is 16.3. The van der Waals surface area contributed by atoms with Crippen LogP contribution in [0.25, 0.3) is 0 Å². The van der Waals surface area contributed by atoms with Crippen LogP contribution in [0, 0.1) is 11.8 Å². The number of rotatable bonds is 7. The van der Waals surface area contributed by atoms with Crippen LogP contribution in [0.1, 0.15) is 45.3 Å². The Kier molecular flexibility index (Phi) is 6.80. The molecule has 1 aromatic rings. The number of benzene rings is 1. The second-order valence-corrected chi connectivity index (χ2v) is 7.16. The third-order valence-electron chi connectivity index (χ3n) is 4.85. The summed E-state index contributed by atoms with van der Waals surface area (Å²) in [7, 11) is 0. The molecule has 0 unspecified atom stereocenters. The van der Waals surface area contributed by atoms with Gasteiger partial charge in [-0.15, -0.1) is 0 Å². The number of Topliss-reactive ketones (excluding diaryl/α,β-unsaturated/α-hetero) is 1. The van der Waals surface area contributed by atoms with Crippen LogP contribution in [0.3, 0.4) is 0 Å². The minimum absolute atomic E-state index is 0.0341. The van der Waals surface area contributed by atoms with Gasteiger partial charge in [-0.05, 0) is 43.4 Å². The number of aliphatic hydroxyl groups is 2. The Bertz CT molecular complexity index is 750. The van der Waals surface area contributed by atoms with Crippen molar-refractivity contribution in [3.8, 4) is 5.75 Å². The van der Waals surface area contributed by atoms with Crippen molar-refractivity contribution in [2.45, 2.75) is 45.8 Å². The predicted octanol–water partition coefficient (Wildman–Crippen LogP) is 2.93. The van der Waals surface area contributed by atoms with Crippen molar-refractivity contribution < 1.29 is 24.9 Å². The zero-order valence-corrected chi connectivity index (χ0v) is 15.8. The van der Waals surface area contributed by atoms with Crippen molar-refractivity contribution in [2.24, 2.45) is 11.8 Å². The molecule has 2 rings (SSSR count). The van der Waals surface area contributed by atoms with Crippen molar-refractivity contribution in [3.63, 3.8) is 0 Å². The molecule has 1 aliphatic heterocycles. The van der Waals surface area contributed by atoms with Gasteiger partial charge in [-0.3, -0.25) is 9.59 Å². The van der Waals surface area contributed by atoms with Crippen LogP contribution in [0.5, 0.6) is 5.75 Å². The van der Waals surface area contributed by atoms with Crippen molar-refractivity contribution in [3.05, 3.63) is 53.3 Å². The van der Waals surface area contributed by atoms with E-state index in [0.29, 0.717) is 12.0 Å². The molecule has 0 spiro atoms. The molecule has 0 aliphatic carbocycles. The third-order valence-corrected chi connectivity index (χ3v) is 4.85. The molecule has 146 valence electrons. The number of ketones is 1. The third kappa shape index (κ3) is 4.77. The van der Waals surface area contributed by atoms with E-state index in [1.54, 1.807) is 6.92 Å². The Labute approximate surface area is 159 Å². The van der Waals surface area contributed by atoms with Gasteiger partial charge in [-0.25, -0.2) is 0 Å². The van der Waals surface area contributed by atoms with E-state index >= 15 is 0 Å². The van der Waals surface area contributed by atoms with Gasteiger partial charge in [0.25, 0.3) is 5.91 Å². The number of hydrogen-bond acceptors (Lipinski definition) is 5. The van der Waals surface area contributed by atoms with Gasteiger partial charge >= 0.3 is 0 Å². The number of nitrogens with one attached hydrogen (secondary N) is 1. The fourth-order valence-corrected chi connectivity index (χ4v) is 3.30. The average Bonchev–Trinajstić information content (AvgIpc) is 2.93. The molecule has 1 aliphatic rings. The first-order chi connectivity index (χ1) is 12.8. The fourth-order valence-electron chi connectivity index (χ4n) is 3.30. The van der Waals surface area contributed by atoms with Gasteiger partial charge in [0.1, 0.15) is 29.2 Å². The van der Waals surface area contributed by atoms with Crippen LogP contribution in [0.15, 0.2) is 47.7 Å². The Hall–Kier alpha value is -2.60. The Balaban J connectivity index is 2.18. The zero-order chi connectivity index (χ0) is 20.1. The lowest BCUT2D eigenvalue weighted by atomic mass is 9.90. The highest BCUT2D eigenvalue weighted by Gasteiger charge is 2.43. The number of hydrogen-bond donors (Lipinski definition) is 4. The van der Waals surface area contributed by atoms with E-state index in [0.717, 1.165) is 6.42 Å². The van der Waals surface area contributed by atoms with Gasteiger partial charge in [-0.2, -0.15) is 0 Å². The van der Waals surface area contributed by atoms with Gasteiger partial charge in [0.15, 0.2) is 5.78 Å². The van der Waals surface area contributed by atoms with Crippen molar-refractivity contribution in [2.75, 3.05) is 0 Å². The maximum Gasteiger partial charge on any atom is 0.259 e. The minimum atomic E-state index is -1.27. The van der Waals surface area contributed by atoms with E-state index in [4.69, 9.17) is 0 Å². The normalized spacial score (nSPS) is 22.6. The van der Waals surface area contributed by atoms with E-state index in [-0.39, 0.29) is 28.9 Å². The summed E-state index contributed by atoms with van der Waals surface area (Å²) < 4.78 is 0. The number of carbonyl (C=O) groups excluding carboxylic acids is 2. The molecule has 0 radical (unpaired) electrons. The molecule has 1 fully saturated rings. The van der Waals surface area contributed by atoms with Crippen LogP contribution in [-0.4, -0.2) is 33.1 Å². The molecule has 27 heavy (non-hydrogen) atoms. The largest absolute Gasteiger partial charge is 0.511 e. The van der Waals surface area contributed by atoms with Crippen LogP contribution in [0.2, 0.25) is 0 Å². The number of allylic oxidation sites excluding steroid dienone is 3. The van der Waals surface area contributed by atoms with E-state index in [1.165, 1.54) is 24.3 Å². The van der Waals surface area contributed by atoms with Crippen molar-refractivity contribution in [1.29, 1.82) is 0 Å². The molecule has 6 nitrogen and oxygen atoms in total. The summed E-state index contributed by atoms with van der Waals surface area (Å²) >= 11 is 0. The fraction of sp³-hybridized carbons (Fsp3) is 0.429. The molecule has 6 heteroatoms. The molecule has 4 atom stereocenters. The molecular formula is C21H27NO5. The lowest BCUT2D eigenvalue weighted by Crippen LogP contribution is -2.35. The molecule has 0 saturated carbocycles. The maximum atomic E-state index is 12.7. The van der Waals surface area contributed by atoms with Gasteiger partial charge in [0, 0.05) is 5.92 Å². The quantitative estimate of drug-likeness (QED) is 0.254. The van der Waals surface area contributed by atoms with E-state index in [2.05, 4.69) is 5.32 Å². The standard InChI is InChI=1S/C21H27NO5/c1-4-5-6-12(2)11-13(3)18(24)16-20(26)17(22-21(16)27)19(25)14-7-9-15(23)10-8-14/h4-5,7-10,12-13,17,19,23-25H,6,11H2,1-3H3,(H,22,27)/b5-4+,18-16+/t12-,13-,17-,19-/m0/s1. The second kappa shape index (κ2) is 8.86. The van der Waals surface area contributed by atoms with Gasteiger partial charge in [0.05, 0.1) is 0 Å². The van der Waals surface area contributed by atoms with Crippen LogP contribution in [0.4, 0.5) is 0 Å². The average molecular weight is 373 g/mol. The topological polar surface area (TPSA) is 107 Å². The summed E-state index contributed by atoms with van der Waals surface area (Å²) in [5, 5.41) is 32.8. The number of phenols is 1. The molecule has 1 amide bonds. The number of phenolic OH excluding ortho intramolecular Hbond substituents is 1. The summed E-state index contributed by atoms with van der Waals surface area (Å²) in [5.41, 5.74) is 0.115. The summed E-state index contributed by atoms with van der Waals surface area (Å²) in [6.45, 7) is 5.76. The Morgan fingerprint density at radius 3 is 2.44 bits per heavy atom. The lowest BCUT2D eigenvalue weighted by molar-refractivity contribution is -0.118. The first-order valence-electron chi connectivity index (χ1n) is 9.12. The molecule has 1 saturated heterocycles. The molecule has 1 heterocycles. The summed E-state index contributed by atoms with van der Waals surface area (Å²) in [6, 6.07) is 4.58. The highest BCUT2D eigenvalue weighted by molar-refractivity contribution is 6.27. The second-order valence-electron chi connectivity index (χ2n) is 7.16. The van der Waals surface area contributed by atoms with Crippen LogP contribution >= 0.6 is 0 Å². The summed E-state index contributed by atoms with van der Waals surface area (Å²) in [5.74, 6) is -1.55. The van der Waals surface area contributed by atoms with Crippen molar-refractivity contribution >= 4 is 11.7 Å². The minimum Gasteiger partial charge on any atom is -0.511 e. The van der Waals surface area contributed by atoms with Crippen LogP contribution < -0.4 is 5.32 Å². The lowest BCUT2D eigenvalue weighted by Gasteiger charge is -2.17. The predicted molar refractivity (Wildman–Crippen MR) is 102 cm³/mol. The first kappa shape index (κ1) is 20.7. The summed E-state index contributed by atoms with van der Waals surface area (Å²) in [6.07, 6.45) is 4.22.